The number of aliphatic hydroxyl groups excluding tert-OH is 2. The van der Waals surface area contributed by atoms with Gasteiger partial charge in [0.05, 0.1) is 17.3 Å². The minimum atomic E-state index is -5.70. The third-order valence-corrected chi connectivity index (χ3v) is 11.3. The number of aromatic nitrogens is 4. The second-order valence-corrected chi connectivity index (χ2v) is 13.9. The lowest BCUT2D eigenvalue weighted by molar-refractivity contribution is -0.0366. The summed E-state index contributed by atoms with van der Waals surface area (Å²) < 4.78 is 53.5. The third-order valence-electron chi connectivity index (χ3n) is 6.80. The zero-order valence-electron chi connectivity index (χ0n) is 19.3. The van der Waals surface area contributed by atoms with Crippen LogP contribution in [-0.4, -0.2) is 83.0 Å². The zero-order valence-corrected chi connectivity index (χ0v) is 21.0. The highest BCUT2D eigenvalue weighted by molar-refractivity contribution is 7.99. The van der Waals surface area contributed by atoms with E-state index in [0.717, 1.165) is 19.3 Å². The fourth-order valence-electron chi connectivity index (χ4n) is 4.48. The van der Waals surface area contributed by atoms with E-state index in [1.165, 1.54) is 10.9 Å². The molecule has 1 aliphatic heterocycles. The normalized spacial score (nSPS) is 31.7. The van der Waals surface area contributed by atoms with Gasteiger partial charge in [0.2, 0.25) is 0 Å². The van der Waals surface area contributed by atoms with E-state index in [-0.39, 0.29) is 18.6 Å². The second-order valence-electron chi connectivity index (χ2n) is 9.35. The first-order valence-corrected chi connectivity index (χ1v) is 14.4. The van der Waals surface area contributed by atoms with Crippen molar-refractivity contribution in [3.05, 3.63) is 12.0 Å². The predicted octanol–water partition coefficient (Wildman–Crippen LogP) is 0.590. The Morgan fingerprint density at radius 1 is 1.29 bits per heavy atom. The molecule has 2 fully saturated rings. The second kappa shape index (κ2) is 8.98. The number of nitrogens with one attached hydrogen (secondary N) is 1. The molecule has 13 nitrogen and oxygen atoms in total. The lowest BCUT2D eigenvalue weighted by Crippen LogP contribution is -2.41. The number of alkyl halides is 1. The molecule has 0 spiro atoms. The Morgan fingerprint density at radius 2 is 1.97 bits per heavy atom. The molecule has 2 aliphatic rings. The van der Waals surface area contributed by atoms with Gasteiger partial charge in [0.1, 0.15) is 30.0 Å². The van der Waals surface area contributed by atoms with Crippen molar-refractivity contribution >= 4 is 34.3 Å². The average Bonchev–Trinajstić information content (AvgIpc) is 3.41. The predicted molar refractivity (Wildman–Crippen MR) is 122 cm³/mol. The van der Waals surface area contributed by atoms with E-state index in [1.54, 1.807) is 6.92 Å². The van der Waals surface area contributed by atoms with Crippen LogP contribution in [0.2, 0.25) is 0 Å². The summed E-state index contributed by atoms with van der Waals surface area (Å²) in [6.07, 6.45) is -1.94. The maximum atomic E-state index is 14.5. The van der Waals surface area contributed by atoms with Crippen molar-refractivity contribution in [1.82, 2.24) is 19.7 Å². The van der Waals surface area contributed by atoms with Crippen LogP contribution < -0.4 is 5.32 Å². The van der Waals surface area contributed by atoms with E-state index >= 15 is 0 Å². The van der Waals surface area contributed by atoms with Crippen molar-refractivity contribution < 1.29 is 42.1 Å². The Kier molecular flexibility index (Phi) is 6.75. The Labute approximate surface area is 200 Å². The molecule has 16 heteroatoms. The molecule has 2 aromatic heterocycles. The summed E-state index contributed by atoms with van der Waals surface area (Å²) >= 11 is 0. The molecule has 0 aromatic carbocycles. The van der Waals surface area contributed by atoms with Crippen molar-refractivity contribution in [1.29, 1.82) is 0 Å². The Hall–Kier alpha value is -1.74. The highest BCUT2D eigenvalue weighted by Gasteiger charge is 2.57. The minimum Gasteiger partial charge on any atom is -0.387 e. The molecule has 4 rings (SSSR count). The standard InChI is InChI=1S/C19H29FN5O8PS/c1-9-5-4-6-12(9)24-16-11-7-21-25(17(11)23-10(2)22-16)18-15(27)14(26)13(33-18)8-35(31,32)19(3,20)34(28,29)30/h7,9,12-15,18,26-27H,4-6,8H2,1-3H3,(H,22,23,24)(H2,28,29,30)/t9?,12?,13-,14-,15-,18-,19?/m1/s1. The topological polar surface area (TPSA) is 197 Å². The van der Waals surface area contributed by atoms with Crippen LogP contribution in [0.5, 0.6) is 0 Å². The number of anilines is 1. The monoisotopic (exact) mass is 537 g/mol. The minimum absolute atomic E-state index is 0.213. The van der Waals surface area contributed by atoms with Gasteiger partial charge in [-0.15, -0.1) is 0 Å². The van der Waals surface area contributed by atoms with Crippen LogP contribution in [0.15, 0.2) is 6.20 Å². The fourth-order valence-corrected chi connectivity index (χ4v) is 7.17. The summed E-state index contributed by atoms with van der Waals surface area (Å²) in [5.41, 5.74) is 0.260. The highest BCUT2D eigenvalue weighted by Crippen LogP contribution is 2.55. The summed E-state index contributed by atoms with van der Waals surface area (Å²) in [5, 5.41) is 29.1. The number of aliphatic hydroxyl groups is 2. The molecule has 1 saturated carbocycles. The maximum absolute atomic E-state index is 14.5. The molecule has 0 radical (unpaired) electrons. The molecule has 0 bridgehead atoms. The van der Waals surface area contributed by atoms with Gasteiger partial charge in [-0.2, -0.15) is 5.10 Å². The summed E-state index contributed by atoms with van der Waals surface area (Å²) in [6, 6.07) is 0.213. The molecular weight excluding hydrogens is 508 g/mol. The van der Waals surface area contributed by atoms with Crippen LogP contribution in [-0.2, 0) is 19.1 Å². The van der Waals surface area contributed by atoms with Crippen LogP contribution >= 0.6 is 7.60 Å². The van der Waals surface area contributed by atoms with Gasteiger partial charge in [-0.05, 0) is 32.6 Å². The number of nitrogens with zero attached hydrogens (tertiary/aromatic N) is 4. The molecule has 1 saturated heterocycles. The molecule has 2 aromatic rings. The molecule has 0 amide bonds. The third kappa shape index (κ3) is 4.59. The molecular formula is C19H29FN5O8PS. The Morgan fingerprint density at radius 3 is 2.57 bits per heavy atom. The van der Waals surface area contributed by atoms with Gasteiger partial charge >= 0.3 is 12.3 Å². The van der Waals surface area contributed by atoms with Crippen LogP contribution in [0.4, 0.5) is 10.2 Å². The van der Waals surface area contributed by atoms with Gasteiger partial charge in [0.25, 0.3) is 0 Å². The molecule has 35 heavy (non-hydrogen) atoms. The molecule has 7 atom stereocenters. The number of hydrogen-bond acceptors (Lipinski definition) is 10. The summed E-state index contributed by atoms with van der Waals surface area (Å²) in [6.45, 7) is 4.06. The van der Waals surface area contributed by atoms with Gasteiger partial charge in [0.15, 0.2) is 21.7 Å². The largest absolute Gasteiger partial charge is 0.387 e. The van der Waals surface area contributed by atoms with Crippen molar-refractivity contribution in [2.45, 2.75) is 75.4 Å². The van der Waals surface area contributed by atoms with Crippen molar-refractivity contribution in [2.24, 2.45) is 5.92 Å². The maximum Gasteiger partial charge on any atom is 0.377 e. The smallest absolute Gasteiger partial charge is 0.377 e. The summed E-state index contributed by atoms with van der Waals surface area (Å²) in [7, 11) is -10.8. The lowest BCUT2D eigenvalue weighted by atomic mass is 10.1. The molecule has 3 unspecified atom stereocenters. The van der Waals surface area contributed by atoms with Crippen molar-refractivity contribution in [3.8, 4) is 0 Å². The van der Waals surface area contributed by atoms with E-state index < -0.39 is 52.5 Å². The van der Waals surface area contributed by atoms with Crippen molar-refractivity contribution in [2.75, 3.05) is 11.1 Å². The fraction of sp³-hybridized carbons (Fsp3) is 0.737. The van der Waals surface area contributed by atoms with Gasteiger partial charge in [-0.1, -0.05) is 13.3 Å². The van der Waals surface area contributed by atoms with Crippen LogP contribution in [0, 0.1) is 12.8 Å². The van der Waals surface area contributed by atoms with E-state index in [0.29, 0.717) is 22.9 Å². The van der Waals surface area contributed by atoms with E-state index in [4.69, 9.17) is 14.5 Å². The summed E-state index contributed by atoms with van der Waals surface area (Å²) in [4.78, 5) is 27.1. The quantitative estimate of drug-likeness (QED) is 0.309. The molecule has 196 valence electrons. The summed E-state index contributed by atoms with van der Waals surface area (Å²) in [5.74, 6) is 0.107. The van der Waals surface area contributed by atoms with E-state index in [9.17, 15) is 27.6 Å². The number of aryl methyl sites for hydroxylation is 1. The first-order valence-electron chi connectivity index (χ1n) is 11.1. The van der Waals surface area contributed by atoms with Crippen LogP contribution in [0.3, 0.4) is 0 Å². The molecule has 3 heterocycles. The molecule has 1 aliphatic carbocycles. The van der Waals surface area contributed by atoms with Gasteiger partial charge in [0, 0.05) is 6.04 Å². The average molecular weight is 538 g/mol. The Balaban J connectivity index is 1.63. The number of sulfone groups is 1. The number of rotatable bonds is 7. The molecule has 5 N–H and O–H groups in total. The highest BCUT2D eigenvalue weighted by atomic mass is 32.2. The first-order chi connectivity index (χ1) is 16.1. The number of hydrogen-bond donors (Lipinski definition) is 5. The van der Waals surface area contributed by atoms with E-state index in [2.05, 4.69) is 27.3 Å². The lowest BCUT2D eigenvalue weighted by Gasteiger charge is -2.24. The SMILES string of the molecule is Cc1nc(NC2CCCC2C)c2cnn([C@@H]3O[C@H](CS(=O)(=O)C(C)(F)P(=O)(O)O)[C@@H](O)[C@H]3O)c2n1. The van der Waals surface area contributed by atoms with E-state index in [1.807, 2.05) is 0 Å². The number of halogens is 1. The Bertz CT molecular complexity index is 1270. The van der Waals surface area contributed by atoms with Crippen LogP contribution in [0.1, 0.15) is 45.2 Å². The van der Waals surface area contributed by atoms with Gasteiger partial charge in [-0.3, -0.25) is 4.57 Å². The van der Waals surface area contributed by atoms with Gasteiger partial charge in [-0.25, -0.2) is 27.5 Å². The van der Waals surface area contributed by atoms with Gasteiger partial charge < -0.3 is 30.1 Å². The van der Waals surface area contributed by atoms with Crippen molar-refractivity contribution in [3.63, 3.8) is 0 Å². The number of ether oxygens (including phenoxy) is 1. The number of fused-ring (bicyclic) bond motifs is 1. The van der Waals surface area contributed by atoms with Crippen LogP contribution in [0.25, 0.3) is 11.0 Å². The zero-order chi connectivity index (χ0) is 25.9. The first kappa shape index (κ1) is 26.3.